The molecule has 1 aliphatic carbocycles. The molecule has 20 heavy (non-hydrogen) atoms. The first-order valence-corrected chi connectivity index (χ1v) is 7.00. The van der Waals surface area contributed by atoms with Crippen LogP contribution in [0.2, 0.25) is 5.15 Å². The van der Waals surface area contributed by atoms with Crippen molar-refractivity contribution in [2.24, 2.45) is 13.0 Å². The Labute approximate surface area is 123 Å². The molecule has 1 aliphatic rings. The molecule has 0 aromatic carbocycles. The molecule has 3 nitrogen and oxygen atoms in total. The van der Waals surface area contributed by atoms with Crippen LogP contribution < -0.4 is 0 Å². The van der Waals surface area contributed by atoms with Gasteiger partial charge in [-0.15, -0.1) is 0 Å². The van der Waals surface area contributed by atoms with Crippen molar-refractivity contribution in [3.05, 3.63) is 54.1 Å². The van der Waals surface area contributed by atoms with E-state index in [2.05, 4.69) is 23.1 Å². The minimum Gasteiger partial charge on any atom is -0.334 e. The van der Waals surface area contributed by atoms with Crippen LogP contribution in [0.25, 0.3) is 16.6 Å². The van der Waals surface area contributed by atoms with Crippen LogP contribution in [0.15, 0.2) is 43.3 Å². The van der Waals surface area contributed by atoms with Gasteiger partial charge in [0, 0.05) is 18.7 Å². The van der Waals surface area contributed by atoms with E-state index >= 15 is 0 Å². The smallest absolute Gasteiger partial charge is 0.132 e. The lowest BCUT2D eigenvalue weighted by Gasteiger charge is -2.09. The molecule has 0 saturated heterocycles. The number of nitrogens with zero attached hydrogens (tertiary/aromatic N) is 3. The monoisotopic (exact) mass is 285 g/mol. The van der Waals surface area contributed by atoms with Crippen LogP contribution in [0.3, 0.4) is 0 Å². The molecule has 0 amide bonds. The van der Waals surface area contributed by atoms with Crippen LogP contribution in [0.1, 0.15) is 18.5 Å². The summed E-state index contributed by atoms with van der Waals surface area (Å²) in [7, 11) is 1.95. The normalized spacial score (nSPS) is 16.1. The van der Waals surface area contributed by atoms with Gasteiger partial charge in [0.25, 0.3) is 0 Å². The summed E-state index contributed by atoms with van der Waals surface area (Å²) in [5.74, 6) is 0.569. The minimum absolute atomic E-state index is 0.467. The van der Waals surface area contributed by atoms with Crippen molar-refractivity contribution in [3.8, 4) is 0 Å². The molecule has 0 atom stereocenters. The zero-order chi connectivity index (χ0) is 14.3. The molecule has 0 radical (unpaired) electrons. The zero-order valence-corrected chi connectivity index (χ0v) is 12.2. The Hall–Kier alpha value is -1.87. The number of allylic oxidation sites excluding steroid dienone is 4. The van der Waals surface area contributed by atoms with Gasteiger partial charge in [0.15, 0.2) is 0 Å². The Morgan fingerprint density at radius 2 is 2.15 bits per heavy atom. The molecule has 1 saturated carbocycles. The number of imidazole rings is 1. The predicted molar refractivity (Wildman–Crippen MR) is 83.6 cm³/mol. The van der Waals surface area contributed by atoms with Gasteiger partial charge in [-0.05, 0) is 24.3 Å². The molecule has 0 aliphatic heterocycles. The summed E-state index contributed by atoms with van der Waals surface area (Å²) in [5, 5.41) is 0.467. The van der Waals surface area contributed by atoms with Crippen molar-refractivity contribution < 1.29 is 0 Å². The number of fused-ring (bicyclic) bond motifs is 1. The van der Waals surface area contributed by atoms with Crippen molar-refractivity contribution in [2.45, 2.75) is 12.8 Å². The third-order valence-electron chi connectivity index (χ3n) is 3.69. The minimum atomic E-state index is 0.467. The van der Waals surface area contributed by atoms with Crippen LogP contribution in [0.4, 0.5) is 0 Å². The van der Waals surface area contributed by atoms with E-state index in [9.17, 15) is 0 Å². The highest BCUT2D eigenvalue weighted by molar-refractivity contribution is 6.30. The zero-order valence-electron chi connectivity index (χ0n) is 11.4. The molecular weight excluding hydrogens is 270 g/mol. The lowest BCUT2D eigenvalue weighted by atomic mass is 9.99. The van der Waals surface area contributed by atoms with Crippen molar-refractivity contribution in [3.63, 3.8) is 0 Å². The Morgan fingerprint density at radius 1 is 1.40 bits per heavy atom. The van der Waals surface area contributed by atoms with Crippen molar-refractivity contribution in [2.75, 3.05) is 0 Å². The van der Waals surface area contributed by atoms with Crippen LogP contribution in [-0.2, 0) is 7.05 Å². The summed E-state index contributed by atoms with van der Waals surface area (Å²) in [6.45, 7) is 7.87. The van der Waals surface area contributed by atoms with E-state index in [1.165, 1.54) is 18.4 Å². The Kier molecular flexibility index (Phi) is 3.22. The highest BCUT2D eigenvalue weighted by Crippen LogP contribution is 2.41. The van der Waals surface area contributed by atoms with Gasteiger partial charge < -0.3 is 4.57 Å². The van der Waals surface area contributed by atoms with Crippen molar-refractivity contribution in [1.29, 1.82) is 0 Å². The third-order valence-corrected chi connectivity index (χ3v) is 3.88. The van der Waals surface area contributed by atoms with E-state index in [1.54, 1.807) is 6.33 Å². The molecule has 0 spiro atoms. The maximum absolute atomic E-state index is 6.16. The fourth-order valence-electron chi connectivity index (χ4n) is 2.53. The fourth-order valence-corrected chi connectivity index (χ4v) is 2.71. The molecule has 2 heterocycles. The third kappa shape index (κ3) is 2.08. The molecule has 0 N–H and O–H groups in total. The van der Waals surface area contributed by atoms with Crippen LogP contribution in [0.5, 0.6) is 0 Å². The van der Waals surface area contributed by atoms with E-state index in [-0.39, 0.29) is 0 Å². The lowest BCUT2D eigenvalue weighted by molar-refractivity contribution is 0.947. The summed E-state index contributed by atoms with van der Waals surface area (Å²) < 4.78 is 1.94. The number of aromatic nitrogens is 3. The number of halogens is 1. The highest BCUT2D eigenvalue weighted by Gasteiger charge is 2.27. The van der Waals surface area contributed by atoms with Gasteiger partial charge in [0.05, 0.1) is 11.8 Å². The molecule has 3 rings (SSSR count). The maximum Gasteiger partial charge on any atom is 0.132 e. The second-order valence-corrected chi connectivity index (χ2v) is 5.46. The van der Waals surface area contributed by atoms with Gasteiger partial charge in [-0.1, -0.05) is 36.9 Å². The molecule has 2 aromatic heterocycles. The van der Waals surface area contributed by atoms with E-state index < -0.39 is 0 Å². The van der Waals surface area contributed by atoms with E-state index in [0.29, 0.717) is 11.1 Å². The lowest BCUT2D eigenvalue weighted by Crippen LogP contribution is -1.96. The molecule has 0 unspecified atom stereocenters. The molecule has 1 fully saturated rings. The van der Waals surface area contributed by atoms with Gasteiger partial charge in [-0.3, -0.25) is 0 Å². The molecule has 102 valence electrons. The Morgan fingerprint density at radius 3 is 2.75 bits per heavy atom. The van der Waals surface area contributed by atoms with E-state index in [0.717, 1.165) is 22.3 Å². The maximum atomic E-state index is 6.16. The molecule has 0 bridgehead atoms. The van der Waals surface area contributed by atoms with Crippen LogP contribution in [0, 0.1) is 5.92 Å². The molecular formula is C16H16ClN3. The van der Waals surface area contributed by atoms with Crippen LogP contribution >= 0.6 is 11.6 Å². The Balaban J connectivity index is 2.32. The average Bonchev–Trinajstić information content (AvgIpc) is 3.20. The summed E-state index contributed by atoms with van der Waals surface area (Å²) >= 11 is 6.16. The quantitative estimate of drug-likeness (QED) is 0.624. The number of hydrogen-bond acceptors (Lipinski definition) is 2. The van der Waals surface area contributed by atoms with E-state index in [4.69, 9.17) is 11.6 Å². The van der Waals surface area contributed by atoms with Gasteiger partial charge in [-0.2, -0.15) is 0 Å². The van der Waals surface area contributed by atoms with Crippen molar-refractivity contribution in [1.82, 2.24) is 14.5 Å². The van der Waals surface area contributed by atoms with Crippen LogP contribution in [-0.4, -0.2) is 14.5 Å². The van der Waals surface area contributed by atoms with Gasteiger partial charge in [-0.25, -0.2) is 9.97 Å². The highest BCUT2D eigenvalue weighted by atomic mass is 35.5. The van der Waals surface area contributed by atoms with E-state index in [1.807, 2.05) is 29.8 Å². The first-order chi connectivity index (χ1) is 9.65. The second kappa shape index (κ2) is 4.91. The summed E-state index contributed by atoms with van der Waals surface area (Å²) in [6, 6.07) is 1.83. The molecule has 4 heteroatoms. The number of rotatable bonds is 4. The Bertz CT molecular complexity index is 736. The molecule has 2 aromatic rings. The first-order valence-electron chi connectivity index (χ1n) is 6.62. The van der Waals surface area contributed by atoms with Gasteiger partial charge in [0.2, 0.25) is 0 Å². The SMILES string of the molecule is C=C/C(=C(\C=C)C1CC1)c1nc(Cl)cc2c1ncn2C. The largest absolute Gasteiger partial charge is 0.334 e. The average molecular weight is 286 g/mol. The van der Waals surface area contributed by atoms with Crippen molar-refractivity contribution >= 4 is 28.2 Å². The second-order valence-electron chi connectivity index (χ2n) is 5.07. The van der Waals surface area contributed by atoms with Gasteiger partial charge >= 0.3 is 0 Å². The number of aryl methyl sites for hydroxylation is 1. The summed E-state index contributed by atoms with van der Waals surface area (Å²) in [6.07, 6.45) is 7.92. The summed E-state index contributed by atoms with van der Waals surface area (Å²) in [4.78, 5) is 8.93. The van der Waals surface area contributed by atoms with Gasteiger partial charge in [0.1, 0.15) is 16.4 Å². The number of pyridine rings is 1. The number of hydrogen-bond donors (Lipinski definition) is 0. The first kappa shape index (κ1) is 13.1. The summed E-state index contributed by atoms with van der Waals surface area (Å²) in [5.41, 5.74) is 4.81. The predicted octanol–water partition coefficient (Wildman–Crippen LogP) is 4.16. The topological polar surface area (TPSA) is 30.7 Å². The fraction of sp³-hybridized carbons (Fsp3) is 0.250. The standard InChI is InChI=1S/C16H16ClN3/c1-4-11(10-6-7-10)12(5-2)15-16-13(8-14(17)19-15)20(3)9-18-16/h4-5,8-10H,1-2,6-7H2,3H3/b12-11-.